The Labute approximate surface area is 117 Å². The Morgan fingerprint density at radius 3 is 2.58 bits per heavy atom. The summed E-state index contributed by atoms with van der Waals surface area (Å²) < 4.78 is 28.3. The molecule has 0 amide bonds. The molecule has 1 aromatic heterocycles. The molecule has 0 radical (unpaired) electrons. The van der Waals surface area contributed by atoms with E-state index in [9.17, 15) is 8.42 Å². The van der Waals surface area contributed by atoms with Gasteiger partial charge in [0.2, 0.25) is 10.0 Å². The van der Waals surface area contributed by atoms with E-state index in [-0.39, 0.29) is 4.90 Å². The quantitative estimate of drug-likeness (QED) is 0.912. The van der Waals surface area contributed by atoms with E-state index in [2.05, 4.69) is 9.71 Å². The Kier molecular flexibility index (Phi) is 4.24. The highest BCUT2D eigenvalue weighted by Crippen LogP contribution is 2.13. The second-order valence-electron chi connectivity index (χ2n) is 4.13. The van der Waals surface area contributed by atoms with Crippen LogP contribution in [0.4, 0.5) is 0 Å². The Bertz CT molecular complexity index is 650. The number of aromatic nitrogens is 2. The zero-order valence-corrected chi connectivity index (χ0v) is 11.9. The van der Waals surface area contributed by atoms with Crippen LogP contribution in [-0.4, -0.2) is 24.5 Å². The van der Waals surface area contributed by atoms with Crippen molar-refractivity contribution in [2.75, 3.05) is 6.54 Å². The highest BCUT2D eigenvalue weighted by atomic mass is 35.5. The number of rotatable bonds is 5. The van der Waals surface area contributed by atoms with E-state index in [0.29, 0.717) is 18.0 Å². The largest absolute Gasteiger partial charge is 0.340 e. The van der Waals surface area contributed by atoms with Gasteiger partial charge in [-0.1, -0.05) is 11.6 Å². The molecule has 0 spiro atoms. The van der Waals surface area contributed by atoms with Gasteiger partial charge in [-0.25, -0.2) is 18.1 Å². The zero-order chi connectivity index (χ0) is 13.9. The molecule has 0 fully saturated rings. The van der Waals surface area contributed by atoms with Gasteiger partial charge in [-0.05, 0) is 24.3 Å². The van der Waals surface area contributed by atoms with Crippen molar-refractivity contribution in [1.29, 1.82) is 0 Å². The summed E-state index contributed by atoms with van der Waals surface area (Å²) in [6.45, 7) is 0.308. The first-order valence-corrected chi connectivity index (χ1v) is 7.55. The van der Waals surface area contributed by atoms with E-state index in [1.54, 1.807) is 18.5 Å². The molecule has 5 nitrogen and oxygen atoms in total. The van der Waals surface area contributed by atoms with Crippen LogP contribution in [0.1, 0.15) is 5.69 Å². The summed E-state index contributed by atoms with van der Waals surface area (Å²) in [6, 6.07) is 6.06. The van der Waals surface area contributed by atoms with Crippen LogP contribution >= 0.6 is 11.6 Å². The van der Waals surface area contributed by atoms with Crippen molar-refractivity contribution in [3.63, 3.8) is 0 Å². The lowest BCUT2D eigenvalue weighted by Crippen LogP contribution is -2.26. The Morgan fingerprint density at radius 2 is 2.00 bits per heavy atom. The number of aryl methyl sites for hydroxylation is 1. The van der Waals surface area contributed by atoms with E-state index in [1.165, 1.54) is 12.1 Å². The predicted molar refractivity (Wildman–Crippen MR) is 73.6 cm³/mol. The zero-order valence-electron chi connectivity index (χ0n) is 10.4. The number of benzene rings is 1. The molecule has 1 N–H and O–H groups in total. The normalized spacial score (nSPS) is 11.7. The van der Waals surface area contributed by atoms with Gasteiger partial charge in [0.1, 0.15) is 0 Å². The van der Waals surface area contributed by atoms with E-state index >= 15 is 0 Å². The Balaban J connectivity index is 1.96. The molecule has 0 bridgehead atoms. The highest BCUT2D eigenvalue weighted by molar-refractivity contribution is 7.89. The van der Waals surface area contributed by atoms with Crippen molar-refractivity contribution in [3.05, 3.63) is 47.5 Å². The minimum Gasteiger partial charge on any atom is -0.340 e. The van der Waals surface area contributed by atoms with Gasteiger partial charge in [0.05, 0.1) is 16.9 Å². The number of nitrogens with zero attached hydrogens (tertiary/aromatic N) is 2. The molecule has 1 aromatic carbocycles. The second kappa shape index (κ2) is 5.73. The van der Waals surface area contributed by atoms with Crippen LogP contribution in [0.15, 0.2) is 41.7 Å². The third-order valence-corrected chi connectivity index (χ3v) is 4.28. The molecule has 7 heteroatoms. The first kappa shape index (κ1) is 14.0. The van der Waals surface area contributed by atoms with Gasteiger partial charge in [-0.2, -0.15) is 0 Å². The molecule has 0 saturated heterocycles. The van der Waals surface area contributed by atoms with Gasteiger partial charge in [0.25, 0.3) is 0 Å². The van der Waals surface area contributed by atoms with Crippen molar-refractivity contribution < 1.29 is 8.42 Å². The van der Waals surface area contributed by atoms with Gasteiger partial charge in [0, 0.05) is 31.2 Å². The molecule has 0 aliphatic heterocycles. The monoisotopic (exact) mass is 299 g/mol. The van der Waals surface area contributed by atoms with Crippen LogP contribution in [-0.2, 0) is 23.5 Å². The number of hydrogen-bond donors (Lipinski definition) is 1. The van der Waals surface area contributed by atoms with Crippen molar-refractivity contribution in [2.45, 2.75) is 11.3 Å². The summed E-state index contributed by atoms with van der Waals surface area (Å²) >= 11 is 5.72. The maximum atomic E-state index is 12.0. The minimum absolute atomic E-state index is 0.206. The molecular weight excluding hydrogens is 286 g/mol. The van der Waals surface area contributed by atoms with Crippen LogP contribution in [0.5, 0.6) is 0 Å². The second-order valence-corrected chi connectivity index (χ2v) is 6.34. The number of halogens is 1. The van der Waals surface area contributed by atoms with Gasteiger partial charge in [-0.15, -0.1) is 0 Å². The molecule has 19 heavy (non-hydrogen) atoms. The summed E-state index contributed by atoms with van der Waals surface area (Å²) in [5.74, 6) is 0. The summed E-state index contributed by atoms with van der Waals surface area (Å²) in [4.78, 5) is 4.34. The number of imidazole rings is 1. The molecule has 0 saturated carbocycles. The SMILES string of the molecule is Cn1cnc(CCNS(=O)(=O)c2ccc(Cl)cc2)c1. The van der Waals surface area contributed by atoms with Crippen LogP contribution in [0.25, 0.3) is 0 Å². The molecule has 2 rings (SSSR count). The molecule has 1 heterocycles. The molecule has 102 valence electrons. The van der Waals surface area contributed by atoms with Gasteiger partial charge < -0.3 is 4.57 Å². The number of hydrogen-bond acceptors (Lipinski definition) is 3. The Hall–Kier alpha value is -1.37. The summed E-state index contributed by atoms with van der Waals surface area (Å²) in [5.41, 5.74) is 0.848. The lowest BCUT2D eigenvalue weighted by Gasteiger charge is -2.05. The van der Waals surface area contributed by atoms with Gasteiger partial charge in [-0.3, -0.25) is 0 Å². The smallest absolute Gasteiger partial charge is 0.240 e. The van der Waals surface area contributed by atoms with E-state index in [4.69, 9.17) is 11.6 Å². The fourth-order valence-electron chi connectivity index (χ4n) is 1.61. The fourth-order valence-corrected chi connectivity index (χ4v) is 2.76. The van der Waals surface area contributed by atoms with Crippen LogP contribution in [0.3, 0.4) is 0 Å². The van der Waals surface area contributed by atoms with Gasteiger partial charge in [0.15, 0.2) is 0 Å². The van der Waals surface area contributed by atoms with Crippen LogP contribution in [0, 0.1) is 0 Å². The van der Waals surface area contributed by atoms with E-state index in [0.717, 1.165) is 5.69 Å². The number of sulfonamides is 1. The molecule has 0 aliphatic carbocycles. The summed E-state index contributed by atoms with van der Waals surface area (Å²) in [6.07, 6.45) is 4.09. The standard InChI is InChI=1S/C12H14ClN3O2S/c1-16-8-11(14-9-16)6-7-15-19(17,18)12-4-2-10(13)3-5-12/h2-5,8-9,15H,6-7H2,1H3. The van der Waals surface area contributed by atoms with Crippen LogP contribution in [0.2, 0.25) is 5.02 Å². The number of nitrogens with one attached hydrogen (secondary N) is 1. The van der Waals surface area contributed by atoms with Crippen LogP contribution < -0.4 is 4.72 Å². The summed E-state index contributed by atoms with van der Waals surface area (Å²) in [5, 5.41) is 0.507. The maximum Gasteiger partial charge on any atom is 0.240 e. The Morgan fingerprint density at radius 1 is 1.32 bits per heavy atom. The molecular formula is C12H14ClN3O2S. The molecule has 0 aliphatic rings. The van der Waals surface area contributed by atoms with E-state index in [1.807, 2.05) is 17.8 Å². The topological polar surface area (TPSA) is 64.0 Å². The van der Waals surface area contributed by atoms with Gasteiger partial charge >= 0.3 is 0 Å². The van der Waals surface area contributed by atoms with Crippen molar-refractivity contribution in [2.24, 2.45) is 7.05 Å². The predicted octanol–water partition coefficient (Wildman–Crippen LogP) is 1.59. The average molecular weight is 300 g/mol. The lowest BCUT2D eigenvalue weighted by molar-refractivity contribution is 0.581. The third kappa shape index (κ3) is 3.79. The third-order valence-electron chi connectivity index (χ3n) is 2.56. The van der Waals surface area contributed by atoms with Crippen molar-refractivity contribution in [3.8, 4) is 0 Å². The highest BCUT2D eigenvalue weighted by Gasteiger charge is 2.13. The molecule has 2 aromatic rings. The van der Waals surface area contributed by atoms with Crippen molar-refractivity contribution in [1.82, 2.24) is 14.3 Å². The molecule has 0 unspecified atom stereocenters. The molecule has 0 atom stereocenters. The first-order chi connectivity index (χ1) is 8.97. The fraction of sp³-hybridized carbons (Fsp3) is 0.250. The lowest BCUT2D eigenvalue weighted by atomic mass is 10.3. The maximum absolute atomic E-state index is 12.0. The minimum atomic E-state index is -3.48. The van der Waals surface area contributed by atoms with Crippen molar-refractivity contribution >= 4 is 21.6 Å². The first-order valence-electron chi connectivity index (χ1n) is 5.69. The van der Waals surface area contributed by atoms with E-state index < -0.39 is 10.0 Å². The summed E-state index contributed by atoms with van der Waals surface area (Å²) in [7, 11) is -1.61. The average Bonchev–Trinajstić information content (AvgIpc) is 2.75.